The third-order valence-electron chi connectivity index (χ3n) is 4.08. The van der Waals surface area contributed by atoms with Crippen molar-refractivity contribution in [3.05, 3.63) is 65.9 Å². The van der Waals surface area contributed by atoms with E-state index in [0.29, 0.717) is 5.75 Å². The maximum absolute atomic E-state index is 12.1. The highest BCUT2D eigenvalue weighted by molar-refractivity contribution is 5.89. The number of benzene rings is 2. The molecule has 0 saturated heterocycles. The Hall–Kier alpha value is -3.28. The van der Waals surface area contributed by atoms with E-state index in [1.165, 1.54) is 0 Å². The Bertz CT molecular complexity index is 917. The van der Waals surface area contributed by atoms with Gasteiger partial charge in [0, 0.05) is 17.1 Å². The zero-order valence-electron chi connectivity index (χ0n) is 14.5. The summed E-state index contributed by atoms with van der Waals surface area (Å²) in [4.78, 5) is 27.1. The Morgan fingerprint density at radius 2 is 1.69 bits per heavy atom. The van der Waals surface area contributed by atoms with Gasteiger partial charge in [-0.15, -0.1) is 0 Å². The van der Waals surface area contributed by atoms with Crippen LogP contribution in [0.5, 0.6) is 5.75 Å². The molecule has 0 unspecified atom stereocenters. The molecule has 0 aliphatic carbocycles. The SMILES string of the molecule is CCc1ccccc1OCC(=O)NNC(=O)Cc1c[nH]c2ccccc12. The Morgan fingerprint density at radius 1 is 0.962 bits per heavy atom. The summed E-state index contributed by atoms with van der Waals surface area (Å²) in [7, 11) is 0. The van der Waals surface area contributed by atoms with Crippen LogP contribution < -0.4 is 15.6 Å². The molecule has 2 amide bonds. The van der Waals surface area contributed by atoms with Crippen LogP contribution in [0.2, 0.25) is 0 Å². The zero-order valence-corrected chi connectivity index (χ0v) is 14.5. The summed E-state index contributed by atoms with van der Waals surface area (Å²) in [6.07, 6.45) is 2.79. The minimum atomic E-state index is -0.414. The number of carbonyl (C=O) groups excluding carboxylic acids is 2. The largest absolute Gasteiger partial charge is 0.483 e. The van der Waals surface area contributed by atoms with Crippen molar-refractivity contribution in [3.8, 4) is 5.75 Å². The van der Waals surface area contributed by atoms with E-state index in [1.54, 1.807) is 6.20 Å². The van der Waals surface area contributed by atoms with E-state index in [-0.39, 0.29) is 18.9 Å². The molecule has 26 heavy (non-hydrogen) atoms. The lowest BCUT2D eigenvalue weighted by atomic mass is 10.1. The van der Waals surface area contributed by atoms with E-state index in [9.17, 15) is 9.59 Å². The highest BCUT2D eigenvalue weighted by atomic mass is 16.5. The number of hydrogen-bond acceptors (Lipinski definition) is 3. The van der Waals surface area contributed by atoms with Crippen molar-refractivity contribution in [2.24, 2.45) is 0 Å². The van der Waals surface area contributed by atoms with E-state index in [4.69, 9.17) is 4.74 Å². The predicted molar refractivity (Wildman–Crippen MR) is 99.6 cm³/mol. The second-order valence-electron chi connectivity index (χ2n) is 5.88. The van der Waals surface area contributed by atoms with E-state index in [2.05, 4.69) is 15.8 Å². The zero-order chi connectivity index (χ0) is 18.4. The third kappa shape index (κ3) is 4.22. The van der Waals surface area contributed by atoms with Gasteiger partial charge in [-0.05, 0) is 29.7 Å². The quantitative estimate of drug-likeness (QED) is 0.597. The lowest BCUT2D eigenvalue weighted by molar-refractivity contribution is -0.129. The molecule has 0 spiro atoms. The van der Waals surface area contributed by atoms with Crippen LogP contribution in [0.4, 0.5) is 0 Å². The monoisotopic (exact) mass is 351 g/mol. The first kappa shape index (κ1) is 17.5. The van der Waals surface area contributed by atoms with Crippen molar-refractivity contribution in [2.75, 3.05) is 6.61 Å². The first-order valence-electron chi connectivity index (χ1n) is 8.50. The minimum absolute atomic E-state index is 0.162. The predicted octanol–water partition coefficient (Wildman–Crippen LogP) is 2.50. The molecule has 0 bridgehead atoms. The average Bonchev–Trinajstić information content (AvgIpc) is 3.08. The van der Waals surface area contributed by atoms with Crippen molar-refractivity contribution < 1.29 is 14.3 Å². The standard InChI is InChI=1S/C20H21N3O3/c1-2-14-7-3-6-10-18(14)26-13-20(25)23-22-19(24)11-15-12-21-17-9-5-4-8-16(15)17/h3-10,12,21H,2,11,13H2,1H3,(H,22,24)(H,23,25). The molecule has 1 heterocycles. The molecule has 3 aromatic rings. The molecular weight excluding hydrogens is 330 g/mol. The van der Waals surface area contributed by atoms with Crippen molar-refractivity contribution in [1.82, 2.24) is 15.8 Å². The molecule has 6 nitrogen and oxygen atoms in total. The number of para-hydroxylation sites is 2. The van der Waals surface area contributed by atoms with Crippen molar-refractivity contribution in [3.63, 3.8) is 0 Å². The van der Waals surface area contributed by atoms with Crippen LogP contribution in [0, 0.1) is 0 Å². The Morgan fingerprint density at radius 3 is 2.54 bits per heavy atom. The molecule has 0 fully saturated rings. The Labute approximate surface area is 151 Å². The first-order chi connectivity index (χ1) is 12.7. The average molecular weight is 351 g/mol. The molecule has 1 aromatic heterocycles. The Balaban J connectivity index is 1.47. The molecule has 0 radical (unpaired) electrons. The van der Waals surface area contributed by atoms with Gasteiger partial charge >= 0.3 is 0 Å². The van der Waals surface area contributed by atoms with E-state index >= 15 is 0 Å². The molecule has 0 saturated carbocycles. The minimum Gasteiger partial charge on any atom is -0.483 e. The smallest absolute Gasteiger partial charge is 0.276 e. The van der Waals surface area contributed by atoms with Gasteiger partial charge in [-0.1, -0.05) is 43.3 Å². The fraction of sp³-hybridized carbons (Fsp3) is 0.200. The number of ether oxygens (including phenoxy) is 1. The maximum Gasteiger partial charge on any atom is 0.276 e. The number of amides is 2. The van der Waals surface area contributed by atoms with Gasteiger partial charge in [-0.25, -0.2) is 0 Å². The Kier molecular flexibility index (Phi) is 5.53. The topological polar surface area (TPSA) is 83.2 Å². The van der Waals surface area contributed by atoms with Gasteiger partial charge in [0.05, 0.1) is 6.42 Å². The lowest BCUT2D eigenvalue weighted by Gasteiger charge is -2.11. The van der Waals surface area contributed by atoms with Crippen LogP contribution in [-0.4, -0.2) is 23.4 Å². The summed E-state index contributed by atoms with van der Waals surface area (Å²) in [5.74, 6) is -0.0319. The summed E-state index contributed by atoms with van der Waals surface area (Å²) >= 11 is 0. The van der Waals surface area contributed by atoms with E-state index < -0.39 is 5.91 Å². The fourth-order valence-electron chi connectivity index (χ4n) is 2.75. The number of carbonyl (C=O) groups is 2. The highest BCUT2D eigenvalue weighted by Gasteiger charge is 2.10. The van der Waals surface area contributed by atoms with Gasteiger partial charge in [-0.2, -0.15) is 0 Å². The number of rotatable bonds is 6. The van der Waals surface area contributed by atoms with Crippen LogP contribution >= 0.6 is 0 Å². The molecular formula is C20H21N3O3. The number of nitrogens with one attached hydrogen (secondary N) is 3. The maximum atomic E-state index is 12.1. The van der Waals surface area contributed by atoms with Gasteiger partial charge in [-0.3, -0.25) is 20.4 Å². The molecule has 0 atom stereocenters. The van der Waals surface area contributed by atoms with Crippen LogP contribution in [-0.2, 0) is 22.4 Å². The number of H-pyrrole nitrogens is 1. The van der Waals surface area contributed by atoms with Gasteiger partial charge in [0.25, 0.3) is 5.91 Å². The van der Waals surface area contributed by atoms with Crippen LogP contribution in [0.3, 0.4) is 0 Å². The van der Waals surface area contributed by atoms with Gasteiger partial charge in [0.15, 0.2) is 6.61 Å². The van der Waals surface area contributed by atoms with Crippen molar-refractivity contribution >= 4 is 22.7 Å². The normalized spacial score (nSPS) is 10.5. The molecule has 0 aliphatic heterocycles. The summed E-state index contributed by atoms with van der Waals surface area (Å²) in [6, 6.07) is 15.3. The van der Waals surface area contributed by atoms with Gasteiger partial charge in [0.1, 0.15) is 5.75 Å². The van der Waals surface area contributed by atoms with Gasteiger partial charge in [0.2, 0.25) is 5.91 Å². The van der Waals surface area contributed by atoms with Gasteiger partial charge < -0.3 is 9.72 Å². The highest BCUT2D eigenvalue weighted by Crippen LogP contribution is 2.18. The lowest BCUT2D eigenvalue weighted by Crippen LogP contribution is -2.44. The van der Waals surface area contributed by atoms with Crippen molar-refractivity contribution in [2.45, 2.75) is 19.8 Å². The number of fused-ring (bicyclic) bond motifs is 1. The number of aryl methyl sites for hydroxylation is 1. The number of aromatic amines is 1. The first-order valence-corrected chi connectivity index (χ1v) is 8.50. The molecule has 2 aromatic carbocycles. The number of hydrazine groups is 1. The third-order valence-corrected chi connectivity index (χ3v) is 4.08. The second kappa shape index (κ2) is 8.20. The van der Waals surface area contributed by atoms with E-state index in [1.807, 2.05) is 55.5 Å². The fourth-order valence-corrected chi connectivity index (χ4v) is 2.75. The molecule has 3 rings (SSSR count). The van der Waals surface area contributed by atoms with Crippen LogP contribution in [0.25, 0.3) is 10.9 Å². The van der Waals surface area contributed by atoms with Crippen LogP contribution in [0.1, 0.15) is 18.1 Å². The molecule has 3 N–H and O–H groups in total. The van der Waals surface area contributed by atoms with Crippen LogP contribution in [0.15, 0.2) is 54.7 Å². The summed E-state index contributed by atoms with van der Waals surface area (Å²) in [5, 5.41) is 0.994. The second-order valence-corrected chi connectivity index (χ2v) is 5.88. The van der Waals surface area contributed by atoms with Crippen molar-refractivity contribution in [1.29, 1.82) is 0 Å². The molecule has 134 valence electrons. The summed E-state index contributed by atoms with van der Waals surface area (Å²) in [6.45, 7) is 1.86. The number of aromatic nitrogens is 1. The molecule has 0 aliphatic rings. The summed E-state index contributed by atoms with van der Waals surface area (Å²) in [5.41, 5.74) is 7.68. The number of hydrogen-bond donors (Lipinski definition) is 3. The molecule has 6 heteroatoms. The van der Waals surface area contributed by atoms with E-state index in [0.717, 1.165) is 28.5 Å². The summed E-state index contributed by atoms with van der Waals surface area (Å²) < 4.78 is 5.52.